The minimum Gasteiger partial charge on any atom is -0.388 e. The van der Waals surface area contributed by atoms with Crippen LogP contribution in [0, 0.1) is 5.92 Å². The highest BCUT2D eigenvalue weighted by molar-refractivity contribution is 9.10. The molecule has 4 heteroatoms. The molecule has 0 heterocycles. The van der Waals surface area contributed by atoms with E-state index in [4.69, 9.17) is 0 Å². The maximum Gasteiger partial charge on any atom is 0.252 e. The molecule has 17 heavy (non-hydrogen) atoms. The number of hydrogen-bond donors (Lipinski definition) is 2. The van der Waals surface area contributed by atoms with Gasteiger partial charge in [0.25, 0.3) is 5.91 Å². The van der Waals surface area contributed by atoms with E-state index in [1.807, 2.05) is 18.2 Å². The first-order valence-electron chi connectivity index (χ1n) is 5.76. The molecule has 92 valence electrons. The molecule has 1 fully saturated rings. The molecule has 0 aliphatic heterocycles. The largest absolute Gasteiger partial charge is 0.388 e. The van der Waals surface area contributed by atoms with Crippen LogP contribution in [0.15, 0.2) is 28.7 Å². The summed E-state index contributed by atoms with van der Waals surface area (Å²) in [4.78, 5) is 11.9. The summed E-state index contributed by atoms with van der Waals surface area (Å²) >= 11 is 3.34. The lowest BCUT2D eigenvalue weighted by atomic mass is 10.0. The van der Waals surface area contributed by atoms with E-state index in [-0.39, 0.29) is 5.91 Å². The first-order chi connectivity index (χ1) is 8.00. The number of hydrogen-bond acceptors (Lipinski definition) is 2. The Morgan fingerprint density at radius 2 is 2.18 bits per heavy atom. The number of carbonyl (C=O) groups is 1. The van der Waals surface area contributed by atoms with Gasteiger partial charge in [0, 0.05) is 11.0 Å². The lowest BCUT2D eigenvalue weighted by Gasteiger charge is -2.23. The summed E-state index contributed by atoms with van der Waals surface area (Å²) in [7, 11) is 0. The van der Waals surface area contributed by atoms with E-state index in [0.717, 1.165) is 17.3 Å². The highest BCUT2D eigenvalue weighted by atomic mass is 79.9. The zero-order valence-corrected chi connectivity index (χ0v) is 11.3. The monoisotopic (exact) mass is 297 g/mol. The highest BCUT2D eigenvalue weighted by Gasteiger charge is 2.39. The van der Waals surface area contributed by atoms with Crippen LogP contribution in [0.5, 0.6) is 0 Å². The van der Waals surface area contributed by atoms with E-state index in [9.17, 15) is 9.90 Å². The number of benzene rings is 1. The fourth-order valence-corrected chi connectivity index (χ4v) is 2.31. The van der Waals surface area contributed by atoms with E-state index < -0.39 is 5.60 Å². The minimum atomic E-state index is -0.781. The molecule has 0 aromatic heterocycles. The van der Waals surface area contributed by atoms with Gasteiger partial charge in [-0.2, -0.15) is 0 Å². The number of aliphatic hydroxyl groups is 1. The second kappa shape index (κ2) is 4.78. The number of amides is 1. The summed E-state index contributed by atoms with van der Waals surface area (Å²) in [6, 6.07) is 7.26. The van der Waals surface area contributed by atoms with Crippen molar-refractivity contribution in [2.24, 2.45) is 5.92 Å². The molecule has 1 aromatic carbocycles. The maximum absolute atomic E-state index is 11.9. The lowest BCUT2D eigenvalue weighted by Crippen LogP contribution is -2.42. The summed E-state index contributed by atoms with van der Waals surface area (Å²) in [6.45, 7) is 2.09. The molecule has 0 spiro atoms. The Bertz CT molecular complexity index is 427. The maximum atomic E-state index is 11.9. The van der Waals surface area contributed by atoms with E-state index in [2.05, 4.69) is 21.2 Å². The van der Waals surface area contributed by atoms with Crippen molar-refractivity contribution in [3.05, 3.63) is 34.3 Å². The standard InChI is InChI=1S/C13H16BrNO2/c1-13(17,9-6-7-9)8-15-12(16)10-4-2-3-5-11(10)14/h2-5,9,17H,6-8H2,1H3,(H,15,16). The van der Waals surface area contributed by atoms with E-state index in [0.29, 0.717) is 18.0 Å². The third-order valence-electron chi connectivity index (χ3n) is 3.18. The SMILES string of the molecule is CC(O)(CNC(=O)c1ccccc1Br)C1CC1. The number of rotatable bonds is 4. The van der Waals surface area contributed by atoms with Crippen LogP contribution in [0.25, 0.3) is 0 Å². The lowest BCUT2D eigenvalue weighted by molar-refractivity contribution is 0.0354. The zero-order valence-electron chi connectivity index (χ0n) is 9.74. The Labute approximate surface area is 109 Å². The van der Waals surface area contributed by atoms with Crippen LogP contribution in [0.3, 0.4) is 0 Å². The molecule has 1 aliphatic carbocycles. The summed E-state index contributed by atoms with van der Waals surface area (Å²) in [5.74, 6) is 0.181. The van der Waals surface area contributed by atoms with Gasteiger partial charge in [-0.15, -0.1) is 0 Å². The predicted molar refractivity (Wildman–Crippen MR) is 69.8 cm³/mol. The Hall–Kier alpha value is -0.870. The Morgan fingerprint density at radius 1 is 1.53 bits per heavy atom. The second-order valence-electron chi connectivity index (χ2n) is 4.79. The highest BCUT2D eigenvalue weighted by Crippen LogP contribution is 2.39. The number of carbonyl (C=O) groups excluding carboxylic acids is 1. The molecule has 1 atom stereocenters. The van der Waals surface area contributed by atoms with Crippen LogP contribution in [0.4, 0.5) is 0 Å². The molecule has 1 unspecified atom stereocenters. The topological polar surface area (TPSA) is 49.3 Å². The molecule has 0 radical (unpaired) electrons. The smallest absolute Gasteiger partial charge is 0.252 e. The van der Waals surface area contributed by atoms with Crippen LogP contribution in [0.1, 0.15) is 30.1 Å². The number of halogens is 1. The third-order valence-corrected chi connectivity index (χ3v) is 3.87. The van der Waals surface area contributed by atoms with Gasteiger partial charge in [0.2, 0.25) is 0 Å². The summed E-state index contributed by atoms with van der Waals surface area (Å²) in [5.41, 5.74) is -0.184. The normalized spacial score (nSPS) is 18.5. The second-order valence-corrected chi connectivity index (χ2v) is 5.65. The first kappa shape index (κ1) is 12.6. The molecule has 1 amide bonds. The van der Waals surface area contributed by atoms with Gasteiger partial charge >= 0.3 is 0 Å². The molecule has 0 saturated heterocycles. The van der Waals surface area contributed by atoms with E-state index in [1.54, 1.807) is 13.0 Å². The average molecular weight is 298 g/mol. The van der Waals surface area contributed by atoms with Crippen LogP contribution >= 0.6 is 15.9 Å². The van der Waals surface area contributed by atoms with E-state index in [1.165, 1.54) is 0 Å². The summed E-state index contributed by atoms with van der Waals surface area (Å²) < 4.78 is 0.767. The van der Waals surface area contributed by atoms with E-state index >= 15 is 0 Å². The van der Waals surface area contributed by atoms with Gasteiger partial charge in [0.1, 0.15) is 0 Å². The van der Waals surface area contributed by atoms with Crippen molar-refractivity contribution in [2.45, 2.75) is 25.4 Å². The quantitative estimate of drug-likeness (QED) is 0.896. The Kier molecular flexibility index (Phi) is 3.54. The van der Waals surface area contributed by atoms with Crippen LogP contribution < -0.4 is 5.32 Å². The molecule has 1 aliphatic rings. The van der Waals surface area contributed by atoms with Gasteiger partial charge in [-0.1, -0.05) is 12.1 Å². The fourth-order valence-electron chi connectivity index (χ4n) is 1.85. The molecule has 0 bridgehead atoms. The van der Waals surface area contributed by atoms with Gasteiger partial charge in [0.15, 0.2) is 0 Å². The van der Waals surface area contributed by atoms with Crippen LogP contribution in [-0.2, 0) is 0 Å². The molecule has 2 rings (SSSR count). The molecule has 1 aromatic rings. The molecular formula is C13H16BrNO2. The van der Waals surface area contributed by atoms with Crippen molar-refractivity contribution in [3.63, 3.8) is 0 Å². The van der Waals surface area contributed by atoms with Crippen LogP contribution in [0.2, 0.25) is 0 Å². The minimum absolute atomic E-state index is 0.154. The van der Waals surface area contributed by atoms with Crippen molar-refractivity contribution in [1.29, 1.82) is 0 Å². The van der Waals surface area contributed by atoms with Crippen molar-refractivity contribution < 1.29 is 9.90 Å². The molecule has 1 saturated carbocycles. The Morgan fingerprint density at radius 3 is 2.76 bits per heavy atom. The molecule has 2 N–H and O–H groups in total. The van der Waals surface area contributed by atoms with Crippen LogP contribution in [-0.4, -0.2) is 23.2 Å². The molecular weight excluding hydrogens is 282 g/mol. The van der Waals surface area contributed by atoms with Crippen molar-refractivity contribution in [1.82, 2.24) is 5.32 Å². The van der Waals surface area contributed by atoms with Gasteiger partial charge in [-0.3, -0.25) is 4.79 Å². The zero-order chi connectivity index (χ0) is 12.5. The van der Waals surface area contributed by atoms with Crippen molar-refractivity contribution in [3.8, 4) is 0 Å². The third kappa shape index (κ3) is 3.07. The molecule has 3 nitrogen and oxygen atoms in total. The van der Waals surface area contributed by atoms with Gasteiger partial charge in [0.05, 0.1) is 11.2 Å². The summed E-state index contributed by atoms with van der Waals surface area (Å²) in [6.07, 6.45) is 2.11. The summed E-state index contributed by atoms with van der Waals surface area (Å²) in [5, 5.41) is 12.9. The van der Waals surface area contributed by atoms with Gasteiger partial charge in [-0.25, -0.2) is 0 Å². The fraction of sp³-hybridized carbons (Fsp3) is 0.462. The average Bonchev–Trinajstić information content (AvgIpc) is 3.11. The predicted octanol–water partition coefficient (Wildman–Crippen LogP) is 2.34. The van der Waals surface area contributed by atoms with Gasteiger partial charge < -0.3 is 10.4 Å². The first-order valence-corrected chi connectivity index (χ1v) is 6.55. The number of nitrogens with one attached hydrogen (secondary N) is 1. The Balaban J connectivity index is 1.96. The van der Waals surface area contributed by atoms with Gasteiger partial charge in [-0.05, 0) is 53.7 Å². The van der Waals surface area contributed by atoms with Crippen molar-refractivity contribution >= 4 is 21.8 Å². The van der Waals surface area contributed by atoms with Crippen molar-refractivity contribution in [2.75, 3.05) is 6.54 Å².